The smallest absolute Gasteiger partial charge is 0.154 e. The Balaban J connectivity index is 1.56. The van der Waals surface area contributed by atoms with Crippen molar-refractivity contribution in [2.24, 2.45) is 0 Å². The van der Waals surface area contributed by atoms with Gasteiger partial charge in [0, 0.05) is 25.1 Å². The molecular formula is C30H27NO2P2. The van der Waals surface area contributed by atoms with E-state index in [1.54, 1.807) is 12.5 Å². The lowest BCUT2D eigenvalue weighted by molar-refractivity contribution is 0.592. The molecule has 1 aliphatic heterocycles. The van der Waals surface area contributed by atoms with E-state index in [0.717, 1.165) is 23.8 Å². The second kappa shape index (κ2) is 10.2. The average molecular weight is 495 g/mol. The molecule has 3 aromatic carbocycles. The van der Waals surface area contributed by atoms with Gasteiger partial charge in [-0.25, -0.2) is 0 Å². The van der Waals surface area contributed by atoms with Crippen molar-refractivity contribution in [3.05, 3.63) is 139 Å². The Hall–Kier alpha value is -3.12. The van der Waals surface area contributed by atoms with E-state index < -0.39 is 16.1 Å². The zero-order valence-corrected chi connectivity index (χ0v) is 21.1. The molecule has 0 spiro atoms. The summed E-state index contributed by atoms with van der Waals surface area (Å²) in [6, 6.07) is 41.2. The zero-order chi connectivity index (χ0) is 23.5. The largest absolute Gasteiger partial charge is 0.462 e. The molecule has 1 saturated heterocycles. The second-order valence-corrected chi connectivity index (χ2v) is 13.3. The first-order valence-electron chi connectivity index (χ1n) is 12.0. The Morgan fingerprint density at radius 2 is 1.03 bits per heavy atom. The van der Waals surface area contributed by atoms with Gasteiger partial charge >= 0.3 is 0 Å². The molecule has 2 aromatic heterocycles. The first-order valence-corrected chi connectivity index (χ1v) is 14.7. The van der Waals surface area contributed by atoms with E-state index in [2.05, 4.69) is 108 Å². The molecule has 0 unspecified atom stereocenters. The lowest BCUT2D eigenvalue weighted by Gasteiger charge is -2.42. The summed E-state index contributed by atoms with van der Waals surface area (Å²) in [4.78, 5) is 0. The van der Waals surface area contributed by atoms with E-state index in [0.29, 0.717) is 11.3 Å². The molecular weight excluding hydrogens is 468 g/mol. The van der Waals surface area contributed by atoms with Crippen LogP contribution in [0.5, 0.6) is 0 Å². The standard InChI is InChI=1S/C30H27NO2P2/c1-4-12-24(13-5-1)27-20-21-28(25-14-6-2-7-15-25)34(27)31(26-16-8-3-9-17-26)35(29-18-10-22-32-29)30-19-11-23-33-30/h1-19,22-23,27-28H,20-21H2/t27-,28-/m0/s1. The van der Waals surface area contributed by atoms with Crippen LogP contribution < -0.4 is 15.4 Å². The van der Waals surface area contributed by atoms with Crippen molar-refractivity contribution in [3.8, 4) is 0 Å². The van der Waals surface area contributed by atoms with Gasteiger partial charge in [0.2, 0.25) is 0 Å². The molecule has 0 amide bonds. The first-order chi connectivity index (χ1) is 17.4. The number of para-hydroxylation sites is 1. The molecule has 3 heterocycles. The van der Waals surface area contributed by atoms with Gasteiger partial charge < -0.3 is 13.3 Å². The van der Waals surface area contributed by atoms with Gasteiger partial charge in [-0.2, -0.15) is 0 Å². The van der Waals surface area contributed by atoms with Crippen molar-refractivity contribution in [2.75, 3.05) is 4.44 Å². The molecule has 3 nitrogen and oxygen atoms in total. The fourth-order valence-corrected chi connectivity index (χ4v) is 12.0. The molecule has 0 aliphatic carbocycles. The van der Waals surface area contributed by atoms with E-state index in [1.807, 2.05) is 12.1 Å². The minimum Gasteiger partial charge on any atom is -0.462 e. The molecule has 1 aliphatic rings. The number of hydrogen-bond donors (Lipinski definition) is 0. The first kappa shape index (κ1) is 22.4. The number of benzene rings is 3. The van der Waals surface area contributed by atoms with Crippen LogP contribution in [0.1, 0.15) is 35.3 Å². The third-order valence-corrected chi connectivity index (χ3v) is 12.7. The van der Waals surface area contributed by atoms with Crippen LogP contribution >= 0.6 is 16.1 Å². The van der Waals surface area contributed by atoms with Crippen molar-refractivity contribution >= 4 is 32.8 Å². The highest BCUT2D eigenvalue weighted by Crippen LogP contribution is 2.76. The second-order valence-electron chi connectivity index (χ2n) is 8.65. The maximum Gasteiger partial charge on any atom is 0.154 e. The molecule has 0 N–H and O–H groups in total. The Morgan fingerprint density at radius 1 is 0.571 bits per heavy atom. The van der Waals surface area contributed by atoms with E-state index in [1.165, 1.54) is 16.8 Å². The third kappa shape index (κ3) is 4.47. The molecule has 174 valence electrons. The van der Waals surface area contributed by atoms with Gasteiger partial charge in [0.1, 0.15) is 8.07 Å². The Kier molecular flexibility index (Phi) is 6.54. The van der Waals surface area contributed by atoms with Gasteiger partial charge in [0.15, 0.2) is 11.0 Å². The van der Waals surface area contributed by atoms with Gasteiger partial charge in [-0.3, -0.25) is 0 Å². The van der Waals surface area contributed by atoms with Crippen LogP contribution in [0.4, 0.5) is 5.69 Å². The van der Waals surface area contributed by atoms with Crippen molar-refractivity contribution < 1.29 is 8.83 Å². The van der Waals surface area contributed by atoms with Crippen molar-refractivity contribution in [2.45, 2.75) is 24.2 Å². The highest BCUT2D eigenvalue weighted by Gasteiger charge is 2.46. The van der Waals surface area contributed by atoms with E-state index >= 15 is 0 Å². The summed E-state index contributed by atoms with van der Waals surface area (Å²) in [6.45, 7) is 0. The number of rotatable bonds is 7. The van der Waals surface area contributed by atoms with E-state index in [4.69, 9.17) is 8.83 Å². The van der Waals surface area contributed by atoms with Crippen LogP contribution in [0, 0.1) is 0 Å². The maximum atomic E-state index is 6.10. The number of nitrogens with zero attached hydrogens (tertiary/aromatic N) is 1. The molecule has 1 fully saturated rings. The van der Waals surface area contributed by atoms with Gasteiger partial charge in [-0.1, -0.05) is 78.9 Å². The molecule has 6 rings (SSSR count). The van der Waals surface area contributed by atoms with E-state index in [9.17, 15) is 0 Å². The van der Waals surface area contributed by atoms with Gasteiger partial charge in [0.25, 0.3) is 0 Å². The Bertz CT molecular complexity index is 1230. The van der Waals surface area contributed by atoms with Gasteiger partial charge in [-0.15, -0.1) is 0 Å². The Morgan fingerprint density at radius 3 is 1.46 bits per heavy atom. The summed E-state index contributed by atoms with van der Waals surface area (Å²) in [7, 11) is -1.70. The lowest BCUT2D eigenvalue weighted by Crippen LogP contribution is -2.25. The quantitative estimate of drug-likeness (QED) is 0.212. The summed E-state index contributed by atoms with van der Waals surface area (Å²) in [5, 5.41) is 0. The highest BCUT2D eigenvalue weighted by molar-refractivity contribution is 7.85. The summed E-state index contributed by atoms with van der Waals surface area (Å²) >= 11 is 0. The van der Waals surface area contributed by atoms with E-state index in [-0.39, 0.29) is 0 Å². The van der Waals surface area contributed by atoms with Crippen LogP contribution in [0.2, 0.25) is 0 Å². The molecule has 5 aromatic rings. The Labute approximate surface area is 209 Å². The number of hydrogen-bond acceptors (Lipinski definition) is 3. The van der Waals surface area contributed by atoms with Crippen LogP contribution in [-0.2, 0) is 0 Å². The molecule has 35 heavy (non-hydrogen) atoms. The van der Waals surface area contributed by atoms with Crippen molar-refractivity contribution in [3.63, 3.8) is 0 Å². The van der Waals surface area contributed by atoms with Crippen LogP contribution in [-0.4, -0.2) is 0 Å². The SMILES string of the molecule is c1ccc([C@@H]2CC[C@@H](c3ccccc3)P2N(c2ccccc2)P(c2ccco2)c2ccco2)cc1. The summed E-state index contributed by atoms with van der Waals surface area (Å²) in [5.74, 6) is 0. The molecule has 0 radical (unpaired) electrons. The predicted octanol–water partition coefficient (Wildman–Crippen LogP) is 8.40. The molecule has 2 atom stereocenters. The van der Waals surface area contributed by atoms with Crippen molar-refractivity contribution in [1.82, 2.24) is 0 Å². The molecule has 0 saturated carbocycles. The maximum absolute atomic E-state index is 6.10. The number of anilines is 1. The fourth-order valence-electron chi connectivity index (χ4n) is 5.04. The lowest BCUT2D eigenvalue weighted by atomic mass is 10.0. The number of furan rings is 2. The minimum atomic E-state index is -1.03. The molecule has 0 bridgehead atoms. The normalized spacial score (nSPS) is 18.2. The van der Waals surface area contributed by atoms with Crippen LogP contribution in [0.15, 0.2) is 137 Å². The van der Waals surface area contributed by atoms with Gasteiger partial charge in [-0.05, 0) is 60.4 Å². The summed E-state index contributed by atoms with van der Waals surface area (Å²) in [5.41, 5.74) is 6.90. The summed E-state index contributed by atoms with van der Waals surface area (Å²) in [6.07, 6.45) is 5.89. The topological polar surface area (TPSA) is 29.5 Å². The molecule has 5 heteroatoms. The monoisotopic (exact) mass is 495 g/mol. The van der Waals surface area contributed by atoms with Crippen molar-refractivity contribution in [1.29, 1.82) is 0 Å². The third-order valence-electron chi connectivity index (χ3n) is 6.55. The summed E-state index contributed by atoms with van der Waals surface area (Å²) < 4.78 is 14.9. The van der Waals surface area contributed by atoms with Crippen LogP contribution in [0.25, 0.3) is 0 Å². The minimum absolute atomic E-state index is 0.450. The average Bonchev–Trinajstić information content (AvgIpc) is 3.71. The van der Waals surface area contributed by atoms with Gasteiger partial charge in [0.05, 0.1) is 12.5 Å². The highest BCUT2D eigenvalue weighted by atomic mass is 31.2. The zero-order valence-electron chi connectivity index (χ0n) is 19.4. The predicted molar refractivity (Wildman–Crippen MR) is 147 cm³/mol. The van der Waals surface area contributed by atoms with Crippen LogP contribution in [0.3, 0.4) is 0 Å². The fraction of sp³-hybridized carbons (Fsp3) is 0.133.